The van der Waals surface area contributed by atoms with Crippen LogP contribution in [-0.4, -0.2) is 59.5 Å². The molecule has 3 rings (SSSR count). The highest BCUT2D eigenvalue weighted by Crippen LogP contribution is 2.40. The minimum atomic E-state index is -1.66. The Bertz CT molecular complexity index is 815. The molecule has 2 aromatic rings. The van der Waals surface area contributed by atoms with Crippen LogP contribution < -0.4 is 5.43 Å². The van der Waals surface area contributed by atoms with E-state index >= 15 is 0 Å². The van der Waals surface area contributed by atoms with Gasteiger partial charge in [0.15, 0.2) is 11.7 Å². The molecule has 24 heavy (non-hydrogen) atoms. The number of anilines is 1. The summed E-state index contributed by atoms with van der Waals surface area (Å²) in [6, 6.07) is 0. The lowest BCUT2D eigenvalue weighted by atomic mass is 9.96. The predicted octanol–water partition coefficient (Wildman–Crippen LogP) is -0.226. The van der Waals surface area contributed by atoms with Crippen molar-refractivity contribution in [2.24, 2.45) is 5.22 Å². The maximum absolute atomic E-state index is 10.6. The minimum Gasteiger partial charge on any atom is -0.394 e. The second kappa shape index (κ2) is 5.85. The van der Waals surface area contributed by atoms with E-state index in [1.54, 1.807) is 6.92 Å². The Morgan fingerprint density at radius 3 is 2.92 bits per heavy atom. The third-order valence-corrected chi connectivity index (χ3v) is 4.05. The molecule has 0 bridgehead atoms. The highest BCUT2D eigenvalue weighted by molar-refractivity contribution is 5.87. The van der Waals surface area contributed by atoms with Crippen molar-refractivity contribution < 1.29 is 20.1 Å². The predicted molar refractivity (Wildman–Crippen MR) is 80.5 cm³/mol. The fourth-order valence-corrected chi connectivity index (χ4v) is 2.83. The average molecular weight is 336 g/mol. The van der Waals surface area contributed by atoms with Crippen molar-refractivity contribution in [2.45, 2.75) is 37.9 Å². The number of aryl methyl sites for hydroxylation is 1. The molecule has 0 radical (unpaired) electrons. The van der Waals surface area contributed by atoms with Gasteiger partial charge in [-0.05, 0) is 19.1 Å². The summed E-state index contributed by atoms with van der Waals surface area (Å²) >= 11 is 0. The first-order valence-corrected chi connectivity index (χ1v) is 7.08. The topological polar surface area (TPSA) is 174 Å². The van der Waals surface area contributed by atoms with Crippen LogP contribution in [0.5, 0.6) is 0 Å². The molecule has 128 valence electrons. The van der Waals surface area contributed by atoms with Gasteiger partial charge in [0.25, 0.3) is 5.82 Å². The summed E-state index contributed by atoms with van der Waals surface area (Å²) in [5, 5.41) is 41.1. The van der Waals surface area contributed by atoms with E-state index in [0.29, 0.717) is 16.7 Å². The Morgan fingerprint density at radius 2 is 2.29 bits per heavy atom. The van der Waals surface area contributed by atoms with E-state index in [1.807, 2.05) is 0 Å². The van der Waals surface area contributed by atoms with Crippen LogP contribution in [0.2, 0.25) is 0 Å². The zero-order valence-electron chi connectivity index (χ0n) is 12.9. The average Bonchev–Trinajstić information content (AvgIpc) is 3.08. The largest absolute Gasteiger partial charge is 0.394 e. The van der Waals surface area contributed by atoms with Crippen molar-refractivity contribution in [3.05, 3.63) is 22.5 Å². The number of nitrogens with one attached hydrogen (secondary N) is 1. The fourth-order valence-electron chi connectivity index (χ4n) is 2.83. The monoisotopic (exact) mass is 336 g/mol. The van der Waals surface area contributed by atoms with Gasteiger partial charge in [-0.2, -0.15) is 4.91 Å². The number of imidazole rings is 1. The lowest BCUT2D eigenvalue weighted by Crippen LogP contribution is -2.44. The van der Waals surface area contributed by atoms with E-state index in [9.17, 15) is 15.3 Å². The normalized spacial score (nSPS) is 29.6. The molecular formula is C12H16N8O4. The zero-order valence-corrected chi connectivity index (χ0v) is 12.9. The van der Waals surface area contributed by atoms with Crippen molar-refractivity contribution in [2.75, 3.05) is 12.0 Å². The number of aliphatic hydroxyl groups excluding tert-OH is 2. The zero-order chi connectivity index (χ0) is 17.5. The van der Waals surface area contributed by atoms with E-state index in [2.05, 4.69) is 30.7 Å². The third kappa shape index (κ3) is 2.33. The SMILES string of the molecule is Cc1nnc(NN=[N+]=[N-])c2ncn([C@@H]3O[C@H](CO)[C@@H](O)[C@@]3(C)O)c12. The molecule has 0 aromatic carbocycles. The summed E-state index contributed by atoms with van der Waals surface area (Å²) in [5.74, 6) is 0.143. The van der Waals surface area contributed by atoms with E-state index in [4.69, 9.17) is 10.3 Å². The number of aromatic nitrogens is 4. The summed E-state index contributed by atoms with van der Waals surface area (Å²) in [6.07, 6.45) is -1.81. The molecule has 0 saturated carbocycles. The van der Waals surface area contributed by atoms with Crippen LogP contribution in [0.3, 0.4) is 0 Å². The molecule has 0 amide bonds. The number of fused-ring (bicyclic) bond motifs is 1. The second-order valence-electron chi connectivity index (χ2n) is 5.66. The summed E-state index contributed by atoms with van der Waals surface area (Å²) in [7, 11) is 0. The second-order valence-corrected chi connectivity index (χ2v) is 5.66. The number of azide groups is 1. The molecular weight excluding hydrogens is 320 g/mol. The number of nitrogens with zero attached hydrogens (tertiary/aromatic N) is 7. The van der Waals surface area contributed by atoms with Gasteiger partial charge in [0, 0.05) is 0 Å². The van der Waals surface area contributed by atoms with Crippen molar-refractivity contribution in [3.63, 3.8) is 0 Å². The molecule has 4 atom stereocenters. The van der Waals surface area contributed by atoms with Crippen molar-refractivity contribution in [1.82, 2.24) is 19.7 Å². The van der Waals surface area contributed by atoms with Gasteiger partial charge in [0.1, 0.15) is 17.8 Å². The van der Waals surface area contributed by atoms with Crippen molar-refractivity contribution in [1.29, 1.82) is 0 Å². The van der Waals surface area contributed by atoms with Crippen LogP contribution in [0.25, 0.3) is 21.5 Å². The van der Waals surface area contributed by atoms with Crippen LogP contribution in [0.1, 0.15) is 18.8 Å². The lowest BCUT2D eigenvalue weighted by molar-refractivity contribution is -0.0948. The molecule has 0 spiro atoms. The van der Waals surface area contributed by atoms with Gasteiger partial charge >= 0.3 is 0 Å². The quantitative estimate of drug-likeness (QED) is 0.256. The maximum Gasteiger partial charge on any atom is 0.269 e. The van der Waals surface area contributed by atoms with Crippen LogP contribution in [0.4, 0.5) is 5.82 Å². The van der Waals surface area contributed by atoms with Crippen LogP contribution in [-0.2, 0) is 4.74 Å². The summed E-state index contributed by atoms with van der Waals surface area (Å²) in [4.78, 5) is 6.78. The minimum absolute atomic E-state index is 0.143. The molecule has 2 aromatic heterocycles. The summed E-state index contributed by atoms with van der Waals surface area (Å²) in [6.45, 7) is 2.66. The van der Waals surface area contributed by atoms with Gasteiger partial charge in [-0.15, -0.1) is 15.7 Å². The Morgan fingerprint density at radius 1 is 1.54 bits per heavy atom. The van der Waals surface area contributed by atoms with Crippen LogP contribution in [0, 0.1) is 6.92 Å². The number of ether oxygens (including phenoxy) is 1. The van der Waals surface area contributed by atoms with Gasteiger partial charge in [-0.1, -0.05) is 0 Å². The molecule has 1 saturated heterocycles. The van der Waals surface area contributed by atoms with Gasteiger partial charge in [-0.3, -0.25) is 4.57 Å². The van der Waals surface area contributed by atoms with Crippen LogP contribution >= 0.6 is 0 Å². The van der Waals surface area contributed by atoms with Crippen LogP contribution in [0.15, 0.2) is 11.6 Å². The highest BCUT2D eigenvalue weighted by Gasteiger charge is 2.53. The van der Waals surface area contributed by atoms with Crippen molar-refractivity contribution in [3.8, 4) is 0 Å². The van der Waals surface area contributed by atoms with E-state index in [0.717, 1.165) is 0 Å². The fraction of sp³-hybridized carbons (Fsp3) is 0.583. The molecule has 1 fully saturated rings. The molecule has 0 unspecified atom stereocenters. The van der Waals surface area contributed by atoms with Gasteiger partial charge in [-0.25, -0.2) is 10.4 Å². The summed E-state index contributed by atoms with van der Waals surface area (Å²) in [5.41, 5.74) is 10.5. The standard InChI is InChI=1S/C12H16N8O4/c1-5-8-7(10(16-15-5)17-19-18-13)14-4-20(8)11-12(2,23)9(22)6(3-21)24-11/h4,6,9,11,21-23H,3H2,1-2H3,(H,16,17)/t6-,9-,11-,12-/m1/s1. The highest BCUT2D eigenvalue weighted by atomic mass is 16.6. The molecule has 4 N–H and O–H groups in total. The summed E-state index contributed by atoms with van der Waals surface area (Å²) < 4.78 is 7.09. The number of hydrogen-bond donors (Lipinski definition) is 4. The lowest BCUT2D eigenvalue weighted by Gasteiger charge is -2.27. The first kappa shape index (κ1) is 16.4. The van der Waals surface area contributed by atoms with E-state index < -0.39 is 30.6 Å². The van der Waals surface area contributed by atoms with E-state index in [-0.39, 0.29) is 5.82 Å². The Kier molecular flexibility index (Phi) is 3.99. The molecule has 0 aliphatic carbocycles. The Hall–Kier alpha value is -2.50. The molecule has 3 heterocycles. The first-order valence-electron chi connectivity index (χ1n) is 7.08. The number of aliphatic hydroxyl groups is 3. The Balaban J connectivity index is 2.12. The Labute approximate surface area is 135 Å². The number of hydrogen-bond acceptors (Lipinski definition) is 8. The maximum atomic E-state index is 10.6. The van der Waals surface area contributed by atoms with Gasteiger partial charge < -0.3 is 20.1 Å². The smallest absolute Gasteiger partial charge is 0.269 e. The third-order valence-electron chi connectivity index (χ3n) is 4.05. The molecule has 12 nitrogen and oxygen atoms in total. The van der Waals surface area contributed by atoms with Gasteiger partial charge in [0.2, 0.25) is 0 Å². The van der Waals surface area contributed by atoms with Gasteiger partial charge in [0.05, 0.1) is 24.1 Å². The molecule has 1 aliphatic rings. The molecule has 1 aliphatic heterocycles. The van der Waals surface area contributed by atoms with Crippen molar-refractivity contribution >= 4 is 16.9 Å². The van der Waals surface area contributed by atoms with E-state index in [1.165, 1.54) is 17.8 Å². The number of rotatable bonds is 4. The first-order chi connectivity index (χ1) is 11.4. The molecule has 12 heteroatoms.